The van der Waals surface area contributed by atoms with Gasteiger partial charge in [-0.1, -0.05) is 13.8 Å². The van der Waals surface area contributed by atoms with Crippen LogP contribution in [-0.2, 0) is 9.53 Å². The number of fused-ring (bicyclic) bond motifs is 1. The van der Waals surface area contributed by atoms with Crippen molar-refractivity contribution >= 4 is 30.7 Å². The van der Waals surface area contributed by atoms with Gasteiger partial charge in [-0.25, -0.2) is 0 Å². The highest BCUT2D eigenvalue weighted by molar-refractivity contribution is 5.89. The minimum atomic E-state index is -0.787. The average Bonchev–Trinajstić information content (AvgIpc) is 2.50. The van der Waals surface area contributed by atoms with Gasteiger partial charge in [0.2, 0.25) is 5.91 Å². The molecule has 0 bridgehead atoms. The first kappa shape index (κ1) is 22.0. The molecule has 5 unspecified atom stereocenters. The van der Waals surface area contributed by atoms with Gasteiger partial charge in [-0.05, 0) is 39.7 Å². The highest BCUT2D eigenvalue weighted by Crippen LogP contribution is 2.57. The normalized spacial score (nSPS) is 41.0. The lowest BCUT2D eigenvalue weighted by atomic mass is 9.46. The maximum Gasteiger partial charge on any atom is 0.241 e. The molecule has 3 aliphatic rings. The summed E-state index contributed by atoms with van der Waals surface area (Å²) in [6.07, 6.45) is 4.15. The summed E-state index contributed by atoms with van der Waals surface area (Å²) in [5.74, 6) is 0.200. The van der Waals surface area contributed by atoms with E-state index < -0.39 is 5.54 Å². The van der Waals surface area contributed by atoms with Gasteiger partial charge in [-0.3, -0.25) is 4.79 Å². The minimum Gasteiger partial charge on any atom is -0.377 e. The summed E-state index contributed by atoms with van der Waals surface area (Å²) >= 11 is 0. The van der Waals surface area contributed by atoms with Crippen molar-refractivity contribution in [3.63, 3.8) is 0 Å². The molecule has 0 aromatic heterocycles. The van der Waals surface area contributed by atoms with Crippen molar-refractivity contribution in [2.75, 3.05) is 20.2 Å². The number of hydrogen-bond acceptors (Lipinski definition) is 4. The molecule has 5 atom stereocenters. The molecule has 2 heterocycles. The van der Waals surface area contributed by atoms with E-state index in [0.29, 0.717) is 6.04 Å². The second-order valence-electron chi connectivity index (χ2n) is 8.16. The summed E-state index contributed by atoms with van der Waals surface area (Å²) in [4.78, 5) is 15.3. The molecule has 0 radical (unpaired) electrons. The number of rotatable bonds is 2. The van der Waals surface area contributed by atoms with E-state index in [1.807, 2.05) is 0 Å². The minimum absolute atomic E-state index is 0. The Morgan fingerprint density at radius 3 is 2.58 bits per heavy atom. The fourth-order valence-corrected chi connectivity index (χ4v) is 4.76. The lowest BCUT2D eigenvalue weighted by Gasteiger charge is -2.65. The van der Waals surface area contributed by atoms with Crippen LogP contribution in [0, 0.1) is 11.3 Å². The summed E-state index contributed by atoms with van der Waals surface area (Å²) in [6.45, 7) is 8.21. The number of halogens is 2. The summed E-state index contributed by atoms with van der Waals surface area (Å²) in [7, 11) is 2.14. The zero-order valence-corrected chi connectivity index (χ0v) is 16.8. The second kappa shape index (κ2) is 7.67. The van der Waals surface area contributed by atoms with Crippen molar-refractivity contribution in [1.29, 1.82) is 0 Å². The van der Waals surface area contributed by atoms with Crippen LogP contribution >= 0.6 is 24.8 Å². The van der Waals surface area contributed by atoms with Crippen LogP contribution in [0.2, 0.25) is 0 Å². The topological polar surface area (TPSA) is 67.6 Å². The van der Waals surface area contributed by atoms with Crippen LogP contribution in [0.1, 0.15) is 46.5 Å². The van der Waals surface area contributed by atoms with Gasteiger partial charge >= 0.3 is 0 Å². The molecule has 1 amide bonds. The molecule has 0 aromatic rings. The fourth-order valence-electron chi connectivity index (χ4n) is 4.76. The molecule has 3 fully saturated rings. The lowest BCUT2D eigenvalue weighted by Crippen LogP contribution is -2.82. The van der Waals surface area contributed by atoms with E-state index >= 15 is 0 Å². The molecule has 2 aliphatic heterocycles. The number of hydrogen-bond donors (Lipinski definition) is 2. The van der Waals surface area contributed by atoms with E-state index in [1.165, 1.54) is 0 Å². The molecule has 5 nitrogen and oxygen atoms in total. The molecule has 7 heteroatoms. The molecule has 3 N–H and O–H groups in total. The van der Waals surface area contributed by atoms with E-state index in [9.17, 15) is 4.79 Å². The van der Waals surface area contributed by atoms with Crippen LogP contribution in [0.3, 0.4) is 0 Å². The number of piperidine rings is 1. The van der Waals surface area contributed by atoms with Gasteiger partial charge in [0.05, 0.1) is 6.10 Å². The number of carbonyl (C=O) groups is 1. The van der Waals surface area contributed by atoms with Gasteiger partial charge in [-0.15, -0.1) is 24.8 Å². The average molecular weight is 382 g/mol. The van der Waals surface area contributed by atoms with Gasteiger partial charge in [0.25, 0.3) is 0 Å². The Bertz CT molecular complexity index is 463. The molecule has 1 aliphatic carbocycles. The molecule has 3 rings (SSSR count). The monoisotopic (exact) mass is 381 g/mol. The number of ether oxygens (including phenoxy) is 1. The Balaban J connectivity index is 0.00000144. The fraction of sp³-hybridized carbons (Fsp3) is 0.941. The SMILES string of the molecule is CC1CC(NC(=O)C2(N)C3CCCOC3C2(C)C)CCN1C.Cl.Cl. The Morgan fingerprint density at radius 2 is 1.96 bits per heavy atom. The van der Waals surface area contributed by atoms with Crippen LogP contribution in [0.15, 0.2) is 0 Å². The van der Waals surface area contributed by atoms with Crippen molar-refractivity contribution in [2.45, 2.75) is 70.2 Å². The van der Waals surface area contributed by atoms with Crippen LogP contribution in [0.5, 0.6) is 0 Å². The zero-order valence-electron chi connectivity index (χ0n) is 15.2. The summed E-state index contributed by atoms with van der Waals surface area (Å²) < 4.78 is 5.89. The number of nitrogens with one attached hydrogen (secondary N) is 1. The molecular weight excluding hydrogens is 349 g/mol. The highest BCUT2D eigenvalue weighted by atomic mass is 35.5. The van der Waals surface area contributed by atoms with Crippen LogP contribution in [0.4, 0.5) is 0 Å². The van der Waals surface area contributed by atoms with Gasteiger partial charge in [0, 0.05) is 36.6 Å². The predicted octanol–water partition coefficient (Wildman–Crippen LogP) is 1.96. The quantitative estimate of drug-likeness (QED) is 0.766. The largest absolute Gasteiger partial charge is 0.377 e. The van der Waals surface area contributed by atoms with Gasteiger partial charge in [-0.2, -0.15) is 0 Å². The highest BCUT2D eigenvalue weighted by Gasteiger charge is 2.70. The number of nitrogens with zero attached hydrogens (tertiary/aromatic N) is 1. The van der Waals surface area contributed by atoms with Gasteiger partial charge in [0.1, 0.15) is 5.54 Å². The van der Waals surface area contributed by atoms with Crippen LogP contribution < -0.4 is 11.1 Å². The Hall–Kier alpha value is -0.0700. The number of amides is 1. The summed E-state index contributed by atoms with van der Waals surface area (Å²) in [6, 6.07) is 0.756. The lowest BCUT2D eigenvalue weighted by molar-refractivity contribution is -0.225. The summed E-state index contributed by atoms with van der Waals surface area (Å²) in [5, 5.41) is 3.25. The zero-order chi connectivity index (χ0) is 16.1. The molecule has 0 spiro atoms. The molecular formula is C17H33Cl2N3O2. The van der Waals surface area contributed by atoms with Crippen LogP contribution in [0.25, 0.3) is 0 Å². The van der Waals surface area contributed by atoms with E-state index in [0.717, 1.165) is 38.8 Å². The van der Waals surface area contributed by atoms with E-state index in [1.54, 1.807) is 0 Å². The van der Waals surface area contributed by atoms with Gasteiger partial charge in [0.15, 0.2) is 0 Å². The van der Waals surface area contributed by atoms with E-state index in [2.05, 4.69) is 38.0 Å². The standard InChI is InChI=1S/C17H31N3O2.2ClH/c1-11-10-12(7-8-20(11)4)19-15(21)17(18)13-6-5-9-22-14(13)16(17,2)3;;/h11-14H,5-10,18H2,1-4H3,(H,19,21);2*1H. The first-order chi connectivity index (χ1) is 10.3. The van der Waals surface area contributed by atoms with Crippen molar-refractivity contribution in [1.82, 2.24) is 10.2 Å². The molecule has 2 saturated heterocycles. The van der Waals surface area contributed by atoms with Crippen molar-refractivity contribution in [3.8, 4) is 0 Å². The van der Waals surface area contributed by atoms with Gasteiger partial charge < -0.3 is 20.7 Å². The first-order valence-corrected chi connectivity index (χ1v) is 8.70. The third-order valence-corrected chi connectivity index (χ3v) is 6.60. The Morgan fingerprint density at radius 1 is 1.29 bits per heavy atom. The molecule has 24 heavy (non-hydrogen) atoms. The smallest absolute Gasteiger partial charge is 0.241 e. The summed E-state index contributed by atoms with van der Waals surface area (Å²) in [5.41, 5.74) is 5.58. The number of nitrogens with two attached hydrogens (primary N) is 1. The third kappa shape index (κ3) is 3.18. The number of likely N-dealkylation sites (tertiary alicyclic amines) is 1. The van der Waals surface area contributed by atoms with Crippen molar-refractivity contribution in [2.24, 2.45) is 17.1 Å². The predicted molar refractivity (Wildman–Crippen MR) is 101 cm³/mol. The first-order valence-electron chi connectivity index (χ1n) is 8.70. The van der Waals surface area contributed by atoms with E-state index in [-0.39, 0.29) is 54.2 Å². The number of carbonyl (C=O) groups excluding carboxylic acids is 1. The maximum atomic E-state index is 13.0. The Kier molecular flexibility index (Phi) is 7.02. The van der Waals surface area contributed by atoms with E-state index in [4.69, 9.17) is 10.5 Å². The third-order valence-electron chi connectivity index (χ3n) is 6.60. The second-order valence-corrected chi connectivity index (χ2v) is 8.16. The molecule has 142 valence electrons. The Labute approximate surface area is 158 Å². The maximum absolute atomic E-state index is 13.0. The molecule has 0 aromatic carbocycles. The molecule has 1 saturated carbocycles. The van der Waals surface area contributed by atoms with Crippen molar-refractivity contribution in [3.05, 3.63) is 0 Å². The van der Waals surface area contributed by atoms with Crippen molar-refractivity contribution < 1.29 is 9.53 Å². The van der Waals surface area contributed by atoms with Crippen LogP contribution in [-0.4, -0.2) is 54.7 Å².